The summed E-state index contributed by atoms with van der Waals surface area (Å²) in [6.07, 6.45) is 1.81. The third-order valence-electron chi connectivity index (χ3n) is 1.96. The molecule has 4 heteroatoms. The van der Waals surface area contributed by atoms with Crippen molar-refractivity contribution in [2.45, 2.75) is 53.1 Å². The van der Waals surface area contributed by atoms with Crippen LogP contribution in [-0.2, 0) is 6.42 Å². The highest BCUT2D eigenvalue weighted by Crippen LogP contribution is 2.25. The summed E-state index contributed by atoms with van der Waals surface area (Å²) < 4.78 is 5.76. The van der Waals surface area contributed by atoms with Crippen LogP contribution in [-0.4, -0.2) is 15.6 Å². The van der Waals surface area contributed by atoms with Gasteiger partial charge >= 0.3 is 0 Å². The van der Waals surface area contributed by atoms with E-state index in [0.29, 0.717) is 11.0 Å². The zero-order chi connectivity index (χ0) is 12.3. The summed E-state index contributed by atoms with van der Waals surface area (Å²) in [5, 5.41) is 0.484. The zero-order valence-corrected chi connectivity index (χ0v) is 11.4. The van der Waals surface area contributed by atoms with Crippen LogP contribution >= 0.6 is 11.6 Å². The molecule has 16 heavy (non-hydrogen) atoms. The summed E-state index contributed by atoms with van der Waals surface area (Å²) in [6, 6.07) is 0. The largest absolute Gasteiger partial charge is 0.472 e. The normalized spacial score (nSPS) is 11.6. The van der Waals surface area contributed by atoms with Crippen LogP contribution in [0.15, 0.2) is 0 Å². The number of hydrogen-bond donors (Lipinski definition) is 0. The van der Waals surface area contributed by atoms with Crippen LogP contribution in [0.5, 0.6) is 5.88 Å². The van der Waals surface area contributed by atoms with E-state index in [2.05, 4.69) is 16.9 Å². The molecule has 0 radical (unpaired) electrons. The lowest BCUT2D eigenvalue weighted by molar-refractivity contribution is 0.122. The van der Waals surface area contributed by atoms with E-state index in [1.165, 1.54) is 0 Å². The maximum atomic E-state index is 6.05. The highest BCUT2D eigenvalue weighted by molar-refractivity contribution is 6.30. The first kappa shape index (κ1) is 13.2. The van der Waals surface area contributed by atoms with Gasteiger partial charge in [0.1, 0.15) is 16.6 Å². The number of hydrogen-bond acceptors (Lipinski definition) is 3. The van der Waals surface area contributed by atoms with Crippen molar-refractivity contribution >= 4 is 11.6 Å². The third kappa shape index (κ3) is 3.63. The first-order valence-electron chi connectivity index (χ1n) is 5.55. The van der Waals surface area contributed by atoms with E-state index >= 15 is 0 Å². The Bertz CT molecular complexity index is 372. The Kier molecular flexibility index (Phi) is 4.14. The minimum absolute atomic E-state index is 0.272. The number of aromatic nitrogens is 2. The molecule has 3 nitrogen and oxygen atoms in total. The van der Waals surface area contributed by atoms with E-state index in [1.54, 1.807) is 0 Å². The second kappa shape index (κ2) is 5.00. The average molecular weight is 243 g/mol. The average Bonchev–Trinajstić information content (AvgIpc) is 2.11. The van der Waals surface area contributed by atoms with Crippen molar-refractivity contribution in [3.05, 3.63) is 16.5 Å². The molecule has 0 amide bonds. The van der Waals surface area contributed by atoms with Gasteiger partial charge in [-0.1, -0.05) is 18.5 Å². The van der Waals surface area contributed by atoms with Crippen LogP contribution in [0, 0.1) is 6.92 Å². The van der Waals surface area contributed by atoms with Gasteiger partial charge in [-0.25, -0.2) is 4.98 Å². The third-order valence-corrected chi connectivity index (χ3v) is 2.33. The van der Waals surface area contributed by atoms with Gasteiger partial charge in [0.25, 0.3) is 0 Å². The summed E-state index contributed by atoms with van der Waals surface area (Å²) >= 11 is 6.05. The van der Waals surface area contributed by atoms with Gasteiger partial charge in [0, 0.05) is 12.0 Å². The molecule has 0 bridgehead atoms. The number of halogens is 1. The fourth-order valence-electron chi connectivity index (χ4n) is 1.24. The number of ether oxygens (including phenoxy) is 1. The van der Waals surface area contributed by atoms with Gasteiger partial charge in [0.05, 0.1) is 0 Å². The zero-order valence-electron chi connectivity index (χ0n) is 10.6. The number of nitrogens with zero attached hydrogens (tertiary/aromatic N) is 2. The van der Waals surface area contributed by atoms with Gasteiger partial charge in [-0.05, 0) is 34.1 Å². The maximum Gasteiger partial charge on any atom is 0.221 e. The Morgan fingerprint density at radius 2 is 1.88 bits per heavy atom. The number of rotatable bonds is 3. The molecule has 1 aromatic rings. The van der Waals surface area contributed by atoms with Gasteiger partial charge < -0.3 is 4.74 Å². The van der Waals surface area contributed by atoms with Crippen LogP contribution in [0.3, 0.4) is 0 Å². The highest BCUT2D eigenvalue weighted by Gasteiger charge is 2.17. The Balaban J connectivity index is 3.06. The molecule has 0 saturated heterocycles. The van der Waals surface area contributed by atoms with E-state index in [4.69, 9.17) is 16.3 Å². The standard InChI is InChI=1S/C12H19ClN2O/c1-6-7-9-14-10(13)8(2)11(15-9)16-12(3,4)5/h6-7H2,1-5H3. The topological polar surface area (TPSA) is 35.0 Å². The smallest absolute Gasteiger partial charge is 0.221 e. The quantitative estimate of drug-likeness (QED) is 0.760. The predicted molar refractivity (Wildman–Crippen MR) is 66.2 cm³/mol. The van der Waals surface area contributed by atoms with E-state index in [1.807, 2.05) is 27.7 Å². The minimum Gasteiger partial charge on any atom is -0.472 e. The molecule has 0 saturated carbocycles. The first-order chi connectivity index (χ1) is 7.33. The van der Waals surface area contributed by atoms with E-state index in [9.17, 15) is 0 Å². The number of aryl methyl sites for hydroxylation is 1. The second-order valence-electron chi connectivity index (χ2n) is 4.83. The van der Waals surface area contributed by atoms with Crippen LogP contribution in [0.2, 0.25) is 5.15 Å². The van der Waals surface area contributed by atoms with Crippen molar-refractivity contribution in [3.63, 3.8) is 0 Å². The van der Waals surface area contributed by atoms with E-state index in [-0.39, 0.29) is 5.60 Å². The summed E-state index contributed by atoms with van der Waals surface area (Å²) in [5.74, 6) is 1.34. The van der Waals surface area contributed by atoms with Gasteiger partial charge in [0.2, 0.25) is 5.88 Å². The molecule has 1 rings (SSSR count). The van der Waals surface area contributed by atoms with Gasteiger partial charge in [0.15, 0.2) is 0 Å². The maximum absolute atomic E-state index is 6.05. The summed E-state index contributed by atoms with van der Waals surface area (Å²) in [4.78, 5) is 8.62. The molecule has 0 aliphatic carbocycles. The Morgan fingerprint density at radius 1 is 1.25 bits per heavy atom. The fraction of sp³-hybridized carbons (Fsp3) is 0.667. The van der Waals surface area contributed by atoms with E-state index < -0.39 is 0 Å². The summed E-state index contributed by atoms with van der Waals surface area (Å²) in [5.41, 5.74) is 0.530. The molecule has 0 spiro atoms. The van der Waals surface area contributed by atoms with Crippen molar-refractivity contribution in [1.29, 1.82) is 0 Å². The fourth-order valence-corrected chi connectivity index (χ4v) is 1.41. The Morgan fingerprint density at radius 3 is 2.38 bits per heavy atom. The van der Waals surface area contributed by atoms with Crippen LogP contribution < -0.4 is 4.74 Å². The van der Waals surface area contributed by atoms with Crippen LogP contribution in [0.25, 0.3) is 0 Å². The van der Waals surface area contributed by atoms with Gasteiger partial charge in [-0.3, -0.25) is 0 Å². The SMILES string of the molecule is CCCc1nc(Cl)c(C)c(OC(C)(C)C)n1. The molecule has 0 aromatic carbocycles. The van der Waals surface area contributed by atoms with Gasteiger partial charge in [-0.15, -0.1) is 0 Å². The van der Waals surface area contributed by atoms with Crippen LogP contribution in [0.4, 0.5) is 0 Å². The van der Waals surface area contributed by atoms with Crippen LogP contribution in [0.1, 0.15) is 45.5 Å². The van der Waals surface area contributed by atoms with Crippen molar-refractivity contribution < 1.29 is 4.74 Å². The monoisotopic (exact) mass is 242 g/mol. The molecular formula is C12H19ClN2O. The lowest BCUT2D eigenvalue weighted by Gasteiger charge is -2.22. The molecule has 1 aromatic heterocycles. The predicted octanol–water partition coefficient (Wildman–Crippen LogP) is 3.57. The molecule has 0 fully saturated rings. The molecule has 0 atom stereocenters. The first-order valence-corrected chi connectivity index (χ1v) is 5.93. The highest BCUT2D eigenvalue weighted by atomic mass is 35.5. The van der Waals surface area contributed by atoms with Crippen molar-refractivity contribution in [2.75, 3.05) is 0 Å². The molecule has 90 valence electrons. The summed E-state index contributed by atoms with van der Waals surface area (Å²) in [7, 11) is 0. The summed E-state index contributed by atoms with van der Waals surface area (Å²) in [6.45, 7) is 9.92. The van der Waals surface area contributed by atoms with E-state index in [0.717, 1.165) is 24.2 Å². The second-order valence-corrected chi connectivity index (χ2v) is 5.18. The van der Waals surface area contributed by atoms with Gasteiger partial charge in [-0.2, -0.15) is 4.98 Å². The Hall–Kier alpha value is -0.830. The minimum atomic E-state index is -0.272. The molecule has 0 aliphatic rings. The van der Waals surface area contributed by atoms with Crippen molar-refractivity contribution in [1.82, 2.24) is 9.97 Å². The van der Waals surface area contributed by atoms with Crippen molar-refractivity contribution in [3.8, 4) is 5.88 Å². The van der Waals surface area contributed by atoms with Crippen molar-refractivity contribution in [2.24, 2.45) is 0 Å². The molecular weight excluding hydrogens is 224 g/mol. The molecule has 0 N–H and O–H groups in total. The molecule has 0 aliphatic heterocycles. The lowest BCUT2D eigenvalue weighted by Crippen LogP contribution is -2.24. The Labute approximate surface area is 102 Å². The lowest BCUT2D eigenvalue weighted by atomic mass is 10.2. The molecule has 1 heterocycles. The molecule has 0 unspecified atom stereocenters.